The summed E-state index contributed by atoms with van der Waals surface area (Å²) in [6.07, 6.45) is -1.36. The number of aliphatic hydroxyl groups is 5. The van der Waals surface area contributed by atoms with E-state index in [1.54, 1.807) is 0 Å². The molecule has 0 aliphatic carbocycles. The average Bonchev–Trinajstić information content (AvgIpc) is 2.08. The van der Waals surface area contributed by atoms with Crippen molar-refractivity contribution in [1.29, 1.82) is 0 Å². The van der Waals surface area contributed by atoms with Crippen LogP contribution in [0.1, 0.15) is 27.7 Å². The Morgan fingerprint density at radius 3 is 2.00 bits per heavy atom. The first kappa shape index (κ1) is 13.8. The van der Waals surface area contributed by atoms with E-state index >= 15 is 0 Å². The Bertz CT molecular complexity index is 280. The molecule has 5 N–H and O–H groups in total. The van der Waals surface area contributed by atoms with Gasteiger partial charge in [-0.15, -0.1) is 0 Å². The molecule has 4 atom stereocenters. The molecule has 1 fully saturated rings. The third-order valence-electron chi connectivity index (χ3n) is 3.57. The lowest BCUT2D eigenvalue weighted by Gasteiger charge is -2.57. The summed E-state index contributed by atoms with van der Waals surface area (Å²) in [5, 5.41) is 49.8. The Labute approximate surface area is 94.1 Å². The van der Waals surface area contributed by atoms with Gasteiger partial charge in [-0.3, -0.25) is 0 Å². The van der Waals surface area contributed by atoms with Crippen LogP contribution >= 0.6 is 0 Å². The fourth-order valence-corrected chi connectivity index (χ4v) is 1.94. The van der Waals surface area contributed by atoms with Crippen molar-refractivity contribution in [2.45, 2.75) is 56.4 Å². The van der Waals surface area contributed by atoms with Crippen LogP contribution in [0.4, 0.5) is 0 Å². The summed E-state index contributed by atoms with van der Waals surface area (Å²) in [5.41, 5.74) is -6.03. The molecule has 16 heavy (non-hydrogen) atoms. The minimum atomic E-state index is -2.37. The van der Waals surface area contributed by atoms with Crippen molar-refractivity contribution >= 4 is 0 Å². The van der Waals surface area contributed by atoms with Crippen molar-refractivity contribution in [3.05, 3.63) is 0 Å². The highest BCUT2D eigenvalue weighted by molar-refractivity contribution is 5.14. The molecule has 6 nitrogen and oxygen atoms in total. The van der Waals surface area contributed by atoms with Crippen molar-refractivity contribution in [3.63, 3.8) is 0 Å². The molecule has 0 aromatic rings. The molecule has 1 rings (SSSR count). The van der Waals surface area contributed by atoms with Gasteiger partial charge in [0.15, 0.2) is 0 Å². The summed E-state index contributed by atoms with van der Waals surface area (Å²) in [5.74, 6) is -2.37. The van der Waals surface area contributed by atoms with Crippen molar-refractivity contribution < 1.29 is 30.3 Å². The lowest BCUT2D eigenvalue weighted by atomic mass is 9.68. The second kappa shape index (κ2) is 3.38. The van der Waals surface area contributed by atoms with E-state index in [2.05, 4.69) is 0 Å². The second-order valence-corrected chi connectivity index (χ2v) is 5.25. The van der Waals surface area contributed by atoms with E-state index in [0.717, 1.165) is 6.92 Å². The Morgan fingerprint density at radius 1 is 1.19 bits per heavy atom. The van der Waals surface area contributed by atoms with E-state index in [-0.39, 0.29) is 6.61 Å². The standard InChI is InChI=1S/C10H20O6/c1-7(2,12)10(15)9(4,14)8(3,13)6(11)5-16-10/h6,11-15H,5H2,1-4H3/t6-,8-,9+,10?/m1/s1. The number of hydrogen-bond donors (Lipinski definition) is 5. The quantitative estimate of drug-likeness (QED) is 0.373. The SMILES string of the molecule is CC(C)(O)C1(O)OC[C@@H](O)[C@@](C)(O)[C@]1(C)O. The normalized spacial score (nSPS) is 50.4. The van der Waals surface area contributed by atoms with E-state index in [1.165, 1.54) is 20.8 Å². The fraction of sp³-hybridized carbons (Fsp3) is 1.00. The van der Waals surface area contributed by atoms with Crippen molar-refractivity contribution in [3.8, 4) is 0 Å². The molecular weight excluding hydrogens is 216 g/mol. The molecule has 96 valence electrons. The largest absolute Gasteiger partial charge is 0.388 e. The molecule has 1 aliphatic rings. The number of ether oxygens (including phenoxy) is 1. The van der Waals surface area contributed by atoms with Crippen molar-refractivity contribution in [1.82, 2.24) is 0 Å². The molecule has 0 aromatic carbocycles. The molecule has 0 aromatic heterocycles. The van der Waals surface area contributed by atoms with Gasteiger partial charge in [-0.1, -0.05) is 0 Å². The van der Waals surface area contributed by atoms with Crippen LogP contribution in [0.25, 0.3) is 0 Å². The highest BCUT2D eigenvalue weighted by Gasteiger charge is 2.69. The van der Waals surface area contributed by atoms with Crippen LogP contribution in [0.3, 0.4) is 0 Å². The maximum absolute atomic E-state index is 10.2. The Balaban J connectivity index is 3.27. The topological polar surface area (TPSA) is 110 Å². The van der Waals surface area contributed by atoms with Gasteiger partial charge in [0.25, 0.3) is 0 Å². The molecule has 0 spiro atoms. The summed E-state index contributed by atoms with van der Waals surface area (Å²) in [4.78, 5) is 0. The second-order valence-electron chi connectivity index (χ2n) is 5.25. The lowest BCUT2D eigenvalue weighted by Crippen LogP contribution is -2.79. The molecule has 0 radical (unpaired) electrons. The summed E-state index contributed by atoms with van der Waals surface area (Å²) in [6.45, 7) is 4.39. The number of hydrogen-bond acceptors (Lipinski definition) is 6. The number of rotatable bonds is 1. The van der Waals surface area contributed by atoms with E-state index in [1.807, 2.05) is 0 Å². The van der Waals surface area contributed by atoms with Crippen LogP contribution < -0.4 is 0 Å². The van der Waals surface area contributed by atoms with Crippen LogP contribution in [0.5, 0.6) is 0 Å². The van der Waals surface area contributed by atoms with Crippen LogP contribution in [0.2, 0.25) is 0 Å². The van der Waals surface area contributed by atoms with E-state index < -0.39 is 28.7 Å². The van der Waals surface area contributed by atoms with Gasteiger partial charge < -0.3 is 30.3 Å². The van der Waals surface area contributed by atoms with Gasteiger partial charge in [-0.25, -0.2) is 0 Å². The molecule has 1 heterocycles. The monoisotopic (exact) mass is 236 g/mol. The summed E-state index contributed by atoms with van der Waals surface area (Å²) >= 11 is 0. The van der Waals surface area contributed by atoms with Gasteiger partial charge in [-0.2, -0.15) is 0 Å². The Kier molecular flexibility index (Phi) is 2.92. The first-order valence-electron chi connectivity index (χ1n) is 5.09. The maximum atomic E-state index is 10.2. The first-order chi connectivity index (χ1) is 6.88. The molecule has 1 saturated heterocycles. The highest BCUT2D eigenvalue weighted by atomic mass is 16.7. The predicted molar refractivity (Wildman–Crippen MR) is 54.5 cm³/mol. The summed E-state index contributed by atoms with van der Waals surface area (Å²) in [7, 11) is 0. The molecule has 0 saturated carbocycles. The zero-order chi connectivity index (χ0) is 13.0. The average molecular weight is 236 g/mol. The summed E-state index contributed by atoms with van der Waals surface area (Å²) in [6, 6.07) is 0. The molecule has 6 heteroatoms. The van der Waals surface area contributed by atoms with Crippen LogP contribution in [-0.2, 0) is 4.74 Å². The minimum Gasteiger partial charge on any atom is -0.388 e. The van der Waals surface area contributed by atoms with Gasteiger partial charge in [0.1, 0.15) is 22.9 Å². The van der Waals surface area contributed by atoms with Crippen LogP contribution in [-0.4, -0.2) is 60.8 Å². The molecule has 0 bridgehead atoms. The molecule has 0 amide bonds. The molecular formula is C10H20O6. The van der Waals surface area contributed by atoms with E-state index in [9.17, 15) is 25.5 Å². The van der Waals surface area contributed by atoms with Gasteiger partial charge in [0.05, 0.1) is 6.61 Å². The summed E-state index contributed by atoms with van der Waals surface area (Å²) < 4.78 is 4.94. The Hall–Kier alpha value is -0.240. The zero-order valence-corrected chi connectivity index (χ0v) is 9.93. The van der Waals surface area contributed by atoms with Gasteiger partial charge in [0, 0.05) is 0 Å². The van der Waals surface area contributed by atoms with E-state index in [4.69, 9.17) is 4.74 Å². The van der Waals surface area contributed by atoms with Gasteiger partial charge in [-0.05, 0) is 27.7 Å². The lowest BCUT2D eigenvalue weighted by molar-refractivity contribution is -0.425. The van der Waals surface area contributed by atoms with Crippen molar-refractivity contribution in [2.24, 2.45) is 0 Å². The third kappa shape index (κ3) is 1.49. The predicted octanol–water partition coefficient (Wildman–Crippen LogP) is -1.66. The fourth-order valence-electron chi connectivity index (χ4n) is 1.94. The minimum absolute atomic E-state index is 0.385. The number of aliphatic hydroxyl groups excluding tert-OH is 1. The smallest absolute Gasteiger partial charge is 0.227 e. The zero-order valence-electron chi connectivity index (χ0n) is 9.93. The highest BCUT2D eigenvalue weighted by Crippen LogP contribution is 2.45. The molecule has 1 aliphatic heterocycles. The maximum Gasteiger partial charge on any atom is 0.227 e. The van der Waals surface area contributed by atoms with Crippen LogP contribution in [0, 0.1) is 0 Å². The molecule has 1 unspecified atom stereocenters. The third-order valence-corrected chi connectivity index (χ3v) is 3.57. The van der Waals surface area contributed by atoms with Gasteiger partial charge in [0.2, 0.25) is 5.79 Å². The van der Waals surface area contributed by atoms with Crippen LogP contribution in [0.15, 0.2) is 0 Å². The van der Waals surface area contributed by atoms with E-state index in [0.29, 0.717) is 0 Å². The Morgan fingerprint density at radius 2 is 1.62 bits per heavy atom. The van der Waals surface area contributed by atoms with Gasteiger partial charge >= 0.3 is 0 Å². The first-order valence-corrected chi connectivity index (χ1v) is 5.09. The van der Waals surface area contributed by atoms with Crippen molar-refractivity contribution in [2.75, 3.05) is 6.61 Å².